The number of nitrogens with zero attached hydrogens (tertiary/aromatic N) is 3. The zero-order chi connectivity index (χ0) is 24.0. The molecule has 0 aliphatic rings. The molecule has 168 valence electrons. The van der Waals surface area contributed by atoms with Gasteiger partial charge in [-0.1, -0.05) is 12.1 Å². The normalized spacial score (nSPS) is 11.4. The molecule has 0 bridgehead atoms. The van der Waals surface area contributed by atoms with Gasteiger partial charge in [-0.15, -0.1) is 0 Å². The molecule has 0 aliphatic heterocycles. The molecule has 0 radical (unpaired) electrons. The predicted octanol–water partition coefficient (Wildman–Crippen LogP) is 4.11. The fourth-order valence-electron chi connectivity index (χ4n) is 2.79. The number of nitro groups is 1. The van der Waals surface area contributed by atoms with Crippen molar-refractivity contribution < 1.29 is 18.1 Å². The second-order valence-corrected chi connectivity index (χ2v) is 8.45. The molecule has 0 saturated heterocycles. The zero-order valence-corrected chi connectivity index (χ0v) is 18.5. The summed E-state index contributed by atoms with van der Waals surface area (Å²) in [7, 11) is -2.58. The molecule has 0 atom stereocenters. The van der Waals surface area contributed by atoms with Crippen molar-refractivity contribution in [3.05, 3.63) is 88.0 Å². The molecule has 0 spiro atoms. The van der Waals surface area contributed by atoms with E-state index in [1.807, 2.05) is 6.07 Å². The number of hydrogen-bond acceptors (Lipinski definition) is 8. The Hall–Kier alpha value is -4.43. The summed E-state index contributed by atoms with van der Waals surface area (Å²) in [6, 6.07) is 18.4. The van der Waals surface area contributed by atoms with Crippen LogP contribution in [-0.2, 0) is 10.0 Å². The maximum atomic E-state index is 12.7. The van der Waals surface area contributed by atoms with Crippen LogP contribution in [-0.4, -0.2) is 26.2 Å². The first-order valence-corrected chi connectivity index (χ1v) is 11.0. The van der Waals surface area contributed by atoms with Crippen molar-refractivity contribution in [3.63, 3.8) is 0 Å². The van der Waals surface area contributed by atoms with Gasteiger partial charge in [-0.3, -0.25) is 20.3 Å². The van der Waals surface area contributed by atoms with E-state index in [0.717, 1.165) is 6.07 Å². The second-order valence-electron chi connectivity index (χ2n) is 6.77. The summed E-state index contributed by atoms with van der Waals surface area (Å²) in [6.45, 7) is 1.69. The minimum atomic E-state index is -4.07. The molecule has 0 heterocycles. The molecule has 0 saturated carbocycles. The van der Waals surface area contributed by atoms with Crippen molar-refractivity contribution in [2.24, 2.45) is 5.10 Å². The first-order valence-electron chi connectivity index (χ1n) is 9.49. The number of sulfonamides is 1. The number of rotatable bonds is 8. The lowest BCUT2D eigenvalue weighted by atomic mass is 10.1. The molecule has 11 heteroatoms. The lowest BCUT2D eigenvalue weighted by Gasteiger charge is -2.10. The molecule has 0 aromatic heterocycles. The Morgan fingerprint density at radius 2 is 1.76 bits per heavy atom. The van der Waals surface area contributed by atoms with Crippen molar-refractivity contribution in [1.82, 2.24) is 0 Å². The third-order valence-corrected chi connectivity index (χ3v) is 5.97. The van der Waals surface area contributed by atoms with Gasteiger partial charge in [0.1, 0.15) is 11.4 Å². The maximum Gasteiger partial charge on any atom is 0.295 e. The molecular formula is C22H19N5O5S. The molecule has 0 amide bonds. The minimum Gasteiger partial charge on any atom is -0.497 e. The number of hydrazone groups is 1. The quantitative estimate of drug-likeness (QED) is 0.289. The number of anilines is 2. The van der Waals surface area contributed by atoms with Crippen LogP contribution in [0.2, 0.25) is 0 Å². The van der Waals surface area contributed by atoms with E-state index in [-0.39, 0.29) is 16.3 Å². The molecule has 0 aliphatic carbocycles. The number of benzene rings is 3. The Morgan fingerprint density at radius 1 is 1.09 bits per heavy atom. The van der Waals surface area contributed by atoms with Gasteiger partial charge in [-0.05, 0) is 61.0 Å². The molecule has 3 aromatic carbocycles. The lowest BCUT2D eigenvalue weighted by molar-refractivity contribution is -0.384. The van der Waals surface area contributed by atoms with Gasteiger partial charge in [0, 0.05) is 11.8 Å². The number of nitro benzene ring substituents is 1. The molecule has 0 unspecified atom stereocenters. The van der Waals surface area contributed by atoms with Crippen molar-refractivity contribution in [3.8, 4) is 11.8 Å². The SMILES string of the molecule is COc1ccc(NS(=O)(=O)c2ccc(NN=C(C)c3ccc(C#N)cc3)c([N+](=O)[O-])c2)cc1. The van der Waals surface area contributed by atoms with Crippen LogP contribution in [0, 0.1) is 21.4 Å². The van der Waals surface area contributed by atoms with Crippen molar-refractivity contribution >= 4 is 32.8 Å². The number of nitriles is 1. The first kappa shape index (κ1) is 23.2. The van der Waals surface area contributed by atoms with Gasteiger partial charge in [0.2, 0.25) is 0 Å². The largest absolute Gasteiger partial charge is 0.497 e. The van der Waals surface area contributed by atoms with Crippen LogP contribution in [0.4, 0.5) is 17.1 Å². The van der Waals surface area contributed by atoms with E-state index in [9.17, 15) is 18.5 Å². The maximum absolute atomic E-state index is 12.7. The average molecular weight is 465 g/mol. The molecule has 33 heavy (non-hydrogen) atoms. The summed E-state index contributed by atoms with van der Waals surface area (Å²) in [5.41, 5.74) is 4.20. The van der Waals surface area contributed by atoms with Crippen LogP contribution >= 0.6 is 0 Å². The monoisotopic (exact) mass is 465 g/mol. The highest BCUT2D eigenvalue weighted by Crippen LogP contribution is 2.29. The van der Waals surface area contributed by atoms with Gasteiger partial charge in [0.25, 0.3) is 15.7 Å². The van der Waals surface area contributed by atoms with Crippen LogP contribution < -0.4 is 14.9 Å². The van der Waals surface area contributed by atoms with Crippen molar-refractivity contribution in [2.75, 3.05) is 17.3 Å². The van der Waals surface area contributed by atoms with E-state index < -0.39 is 20.6 Å². The third kappa shape index (κ3) is 5.63. The second kappa shape index (κ2) is 9.80. The summed E-state index contributed by atoms with van der Waals surface area (Å²) in [6.07, 6.45) is 0. The van der Waals surface area contributed by atoms with Gasteiger partial charge < -0.3 is 4.74 Å². The average Bonchev–Trinajstić information content (AvgIpc) is 2.82. The Labute approximate surface area is 190 Å². The topological polar surface area (TPSA) is 147 Å². The van der Waals surface area contributed by atoms with Crippen LogP contribution in [0.25, 0.3) is 0 Å². The highest BCUT2D eigenvalue weighted by atomic mass is 32.2. The number of hydrogen-bond donors (Lipinski definition) is 2. The molecule has 10 nitrogen and oxygen atoms in total. The first-order chi connectivity index (χ1) is 15.7. The lowest BCUT2D eigenvalue weighted by Crippen LogP contribution is -2.13. The Bertz CT molecular complexity index is 1350. The number of methoxy groups -OCH3 is 1. The van der Waals surface area contributed by atoms with Gasteiger partial charge in [-0.2, -0.15) is 10.4 Å². The van der Waals surface area contributed by atoms with E-state index >= 15 is 0 Å². The molecule has 0 fully saturated rings. The van der Waals surface area contributed by atoms with Crippen LogP contribution in [0.1, 0.15) is 18.1 Å². The smallest absolute Gasteiger partial charge is 0.295 e. The van der Waals surface area contributed by atoms with Gasteiger partial charge in [0.05, 0.1) is 34.3 Å². The highest BCUT2D eigenvalue weighted by molar-refractivity contribution is 7.92. The fourth-order valence-corrected chi connectivity index (χ4v) is 3.87. The molecule has 3 aromatic rings. The Balaban J connectivity index is 1.84. The zero-order valence-electron chi connectivity index (χ0n) is 17.6. The summed E-state index contributed by atoms with van der Waals surface area (Å²) < 4.78 is 32.8. The molecule has 3 rings (SSSR count). The van der Waals surface area contributed by atoms with E-state index in [4.69, 9.17) is 10.00 Å². The highest BCUT2D eigenvalue weighted by Gasteiger charge is 2.21. The predicted molar refractivity (Wildman–Crippen MR) is 124 cm³/mol. The number of nitrogens with one attached hydrogen (secondary N) is 2. The van der Waals surface area contributed by atoms with E-state index in [1.165, 1.54) is 31.4 Å². The minimum absolute atomic E-state index is 0.0244. The summed E-state index contributed by atoms with van der Waals surface area (Å²) in [5.74, 6) is 0.556. The van der Waals surface area contributed by atoms with Gasteiger partial charge >= 0.3 is 0 Å². The van der Waals surface area contributed by atoms with Gasteiger partial charge in [0.15, 0.2) is 0 Å². The molecular weight excluding hydrogens is 446 g/mol. The van der Waals surface area contributed by atoms with Crippen LogP contribution in [0.3, 0.4) is 0 Å². The summed E-state index contributed by atoms with van der Waals surface area (Å²) in [4.78, 5) is 10.6. The fraction of sp³-hybridized carbons (Fsp3) is 0.0909. The van der Waals surface area contributed by atoms with Crippen LogP contribution in [0.15, 0.2) is 76.7 Å². The van der Waals surface area contributed by atoms with E-state index in [1.54, 1.807) is 43.3 Å². The third-order valence-electron chi connectivity index (χ3n) is 4.59. The molecule has 2 N–H and O–H groups in total. The Morgan fingerprint density at radius 3 is 2.33 bits per heavy atom. The van der Waals surface area contributed by atoms with Crippen LogP contribution in [0.5, 0.6) is 5.75 Å². The summed E-state index contributed by atoms with van der Waals surface area (Å²) in [5, 5.41) is 24.6. The standard InChI is InChI=1S/C22H19N5O5S/c1-15(17-5-3-16(14-23)4-6-17)24-25-21-12-11-20(13-22(21)27(28)29)33(30,31)26-18-7-9-19(32-2)10-8-18/h3-13,25-26H,1-2H3. The summed E-state index contributed by atoms with van der Waals surface area (Å²) >= 11 is 0. The van der Waals surface area contributed by atoms with Crippen molar-refractivity contribution in [2.45, 2.75) is 11.8 Å². The van der Waals surface area contributed by atoms with E-state index in [0.29, 0.717) is 22.6 Å². The van der Waals surface area contributed by atoms with Gasteiger partial charge in [-0.25, -0.2) is 8.42 Å². The Kier molecular flexibility index (Phi) is 6.90. The van der Waals surface area contributed by atoms with Crippen molar-refractivity contribution in [1.29, 1.82) is 5.26 Å². The number of ether oxygens (including phenoxy) is 1. The van der Waals surface area contributed by atoms with E-state index in [2.05, 4.69) is 15.2 Å².